The summed E-state index contributed by atoms with van der Waals surface area (Å²) in [7, 11) is 0. The Hall–Kier alpha value is -0.380. The van der Waals surface area contributed by atoms with Gasteiger partial charge in [0.05, 0.1) is 13.2 Å². The Kier molecular flexibility index (Phi) is 5.63. The van der Waals surface area contributed by atoms with Crippen molar-refractivity contribution in [3.8, 4) is 0 Å². The Morgan fingerprint density at radius 1 is 1.24 bits per heavy atom. The van der Waals surface area contributed by atoms with Crippen LogP contribution >= 0.6 is 11.3 Å². The molecule has 0 atom stereocenters. The van der Waals surface area contributed by atoms with Crippen LogP contribution in [0.1, 0.15) is 36.1 Å². The molecule has 0 fully saturated rings. The van der Waals surface area contributed by atoms with E-state index in [0.717, 1.165) is 26.2 Å². The average Bonchev–Trinajstić information content (AvgIpc) is 2.49. The summed E-state index contributed by atoms with van der Waals surface area (Å²) in [6.07, 6.45) is 1.04. The molecule has 0 aliphatic rings. The van der Waals surface area contributed by atoms with Gasteiger partial charge in [-0.15, -0.1) is 11.3 Å². The van der Waals surface area contributed by atoms with Crippen molar-refractivity contribution in [1.82, 2.24) is 5.32 Å². The first-order valence-corrected chi connectivity index (χ1v) is 7.09. The first kappa shape index (κ1) is 14.7. The van der Waals surface area contributed by atoms with Gasteiger partial charge in [0, 0.05) is 28.3 Å². The largest absolute Gasteiger partial charge is 0.380 e. The molecule has 0 radical (unpaired) electrons. The van der Waals surface area contributed by atoms with Gasteiger partial charge in [-0.1, -0.05) is 0 Å². The number of nitrogens with one attached hydrogen (secondary N) is 1. The van der Waals surface area contributed by atoms with Crippen LogP contribution in [0, 0.1) is 13.8 Å². The van der Waals surface area contributed by atoms with Crippen molar-refractivity contribution >= 4 is 11.3 Å². The third-order valence-corrected chi connectivity index (χ3v) is 3.73. The minimum Gasteiger partial charge on any atom is -0.380 e. The van der Waals surface area contributed by atoms with Crippen molar-refractivity contribution in [1.29, 1.82) is 0 Å². The van der Waals surface area contributed by atoms with E-state index in [4.69, 9.17) is 4.74 Å². The van der Waals surface area contributed by atoms with Gasteiger partial charge in [0.15, 0.2) is 0 Å². The molecular formula is C14H25NOS. The molecule has 1 aromatic heterocycles. The Morgan fingerprint density at radius 2 is 1.94 bits per heavy atom. The highest BCUT2D eigenvalue weighted by Gasteiger charge is 2.07. The second-order valence-corrected chi connectivity index (χ2v) is 6.84. The molecule has 1 rings (SSSR count). The molecular weight excluding hydrogens is 230 g/mol. The quantitative estimate of drug-likeness (QED) is 0.787. The van der Waals surface area contributed by atoms with Gasteiger partial charge >= 0.3 is 0 Å². The predicted molar refractivity (Wildman–Crippen MR) is 76.1 cm³/mol. The minimum absolute atomic E-state index is 0.185. The summed E-state index contributed by atoms with van der Waals surface area (Å²) in [4.78, 5) is 2.86. The molecule has 0 bridgehead atoms. The molecule has 0 saturated carbocycles. The monoisotopic (exact) mass is 255 g/mol. The van der Waals surface area contributed by atoms with Gasteiger partial charge in [0.25, 0.3) is 0 Å². The van der Waals surface area contributed by atoms with E-state index in [1.807, 2.05) is 11.3 Å². The van der Waals surface area contributed by atoms with E-state index in [2.05, 4.69) is 46.0 Å². The summed E-state index contributed by atoms with van der Waals surface area (Å²) in [5.74, 6) is 0. The minimum atomic E-state index is 0.185. The first-order valence-electron chi connectivity index (χ1n) is 6.27. The van der Waals surface area contributed by atoms with Gasteiger partial charge in [0.2, 0.25) is 0 Å². The maximum atomic E-state index is 5.64. The number of aryl methyl sites for hydroxylation is 2. The molecule has 0 unspecified atom stereocenters. The van der Waals surface area contributed by atoms with Crippen molar-refractivity contribution in [2.24, 2.45) is 0 Å². The summed E-state index contributed by atoms with van der Waals surface area (Å²) in [6.45, 7) is 13.4. The fourth-order valence-electron chi connectivity index (χ4n) is 1.70. The molecule has 17 heavy (non-hydrogen) atoms. The fourth-order valence-corrected chi connectivity index (χ4v) is 2.73. The molecule has 1 N–H and O–H groups in total. The fraction of sp³-hybridized carbons (Fsp3) is 0.714. The molecule has 98 valence electrons. The maximum absolute atomic E-state index is 5.64. The number of rotatable bonds is 6. The van der Waals surface area contributed by atoms with Crippen molar-refractivity contribution in [2.75, 3.05) is 19.8 Å². The highest BCUT2D eigenvalue weighted by molar-refractivity contribution is 7.12. The molecule has 0 amide bonds. The topological polar surface area (TPSA) is 21.3 Å². The van der Waals surface area contributed by atoms with Crippen molar-refractivity contribution in [3.05, 3.63) is 21.4 Å². The van der Waals surface area contributed by atoms with Crippen LogP contribution < -0.4 is 5.32 Å². The Morgan fingerprint density at radius 3 is 2.47 bits per heavy atom. The van der Waals surface area contributed by atoms with Gasteiger partial charge in [0.1, 0.15) is 0 Å². The maximum Gasteiger partial charge on any atom is 0.0591 e. The lowest BCUT2D eigenvalue weighted by molar-refractivity contribution is 0.134. The summed E-state index contributed by atoms with van der Waals surface area (Å²) >= 11 is 1.89. The van der Waals surface area contributed by atoms with E-state index in [1.54, 1.807) is 0 Å². The Balaban J connectivity index is 2.11. The predicted octanol–water partition coefficient (Wildman–Crippen LogP) is 3.31. The molecule has 1 aromatic rings. The normalized spacial score (nSPS) is 12.1. The molecule has 3 heteroatoms. The van der Waals surface area contributed by atoms with Crippen LogP contribution in [0.4, 0.5) is 0 Å². The molecule has 0 saturated heterocycles. The first-order chi connectivity index (χ1) is 7.88. The second kappa shape index (κ2) is 6.53. The van der Waals surface area contributed by atoms with Crippen LogP contribution in [-0.2, 0) is 11.2 Å². The lowest BCUT2D eigenvalue weighted by atomic mass is 10.1. The molecule has 0 aromatic carbocycles. The van der Waals surface area contributed by atoms with Crippen molar-refractivity contribution < 1.29 is 4.74 Å². The van der Waals surface area contributed by atoms with Gasteiger partial charge in [-0.2, -0.15) is 0 Å². The van der Waals surface area contributed by atoms with E-state index >= 15 is 0 Å². The molecule has 0 aliphatic heterocycles. The van der Waals surface area contributed by atoms with E-state index in [-0.39, 0.29) is 5.54 Å². The van der Waals surface area contributed by atoms with Gasteiger partial charge in [-0.3, -0.25) is 0 Å². The molecule has 0 spiro atoms. The molecule has 0 aliphatic carbocycles. The summed E-state index contributed by atoms with van der Waals surface area (Å²) in [5.41, 5.74) is 1.59. The zero-order valence-corrected chi connectivity index (χ0v) is 12.5. The number of hydrogen-bond donors (Lipinski definition) is 1. The zero-order valence-electron chi connectivity index (χ0n) is 11.7. The number of thiophene rings is 1. The summed E-state index contributed by atoms with van der Waals surface area (Å²) in [5, 5.41) is 3.41. The third kappa shape index (κ3) is 6.20. The average molecular weight is 255 g/mol. The van der Waals surface area contributed by atoms with E-state index in [1.165, 1.54) is 15.3 Å². The van der Waals surface area contributed by atoms with Crippen LogP contribution in [0.5, 0.6) is 0 Å². The van der Waals surface area contributed by atoms with Crippen LogP contribution in [0.25, 0.3) is 0 Å². The molecule has 2 nitrogen and oxygen atoms in total. The van der Waals surface area contributed by atoms with Crippen LogP contribution in [0.2, 0.25) is 0 Å². The van der Waals surface area contributed by atoms with Crippen molar-refractivity contribution in [2.45, 2.75) is 46.6 Å². The van der Waals surface area contributed by atoms with E-state index in [9.17, 15) is 0 Å². The van der Waals surface area contributed by atoms with Gasteiger partial charge < -0.3 is 10.1 Å². The van der Waals surface area contributed by atoms with E-state index in [0.29, 0.717) is 0 Å². The van der Waals surface area contributed by atoms with E-state index < -0.39 is 0 Å². The van der Waals surface area contributed by atoms with Crippen molar-refractivity contribution in [3.63, 3.8) is 0 Å². The zero-order chi connectivity index (χ0) is 12.9. The lowest BCUT2D eigenvalue weighted by Gasteiger charge is -2.20. The highest BCUT2D eigenvalue weighted by Crippen LogP contribution is 2.21. The summed E-state index contributed by atoms with van der Waals surface area (Å²) in [6, 6.07) is 2.25. The standard InChI is InChI=1S/C14H25NOS/c1-11-10-12(2)17-13(11)6-8-16-9-7-15-14(3,4)5/h10,15H,6-9H2,1-5H3. The SMILES string of the molecule is Cc1cc(C)c(CCOCCNC(C)(C)C)s1. The van der Waals surface area contributed by atoms with Gasteiger partial charge in [-0.25, -0.2) is 0 Å². The third-order valence-electron chi connectivity index (χ3n) is 2.52. The van der Waals surface area contributed by atoms with Crippen LogP contribution in [0.15, 0.2) is 6.07 Å². The number of hydrogen-bond acceptors (Lipinski definition) is 3. The Bertz CT molecular complexity index is 338. The second-order valence-electron chi connectivity index (χ2n) is 5.50. The smallest absolute Gasteiger partial charge is 0.0591 e. The highest BCUT2D eigenvalue weighted by atomic mass is 32.1. The van der Waals surface area contributed by atoms with Gasteiger partial charge in [-0.05, 0) is 46.2 Å². The Labute approximate surface area is 109 Å². The summed E-state index contributed by atoms with van der Waals surface area (Å²) < 4.78 is 5.64. The van der Waals surface area contributed by atoms with Crippen LogP contribution in [-0.4, -0.2) is 25.3 Å². The van der Waals surface area contributed by atoms with Crippen LogP contribution in [0.3, 0.4) is 0 Å². The molecule has 1 heterocycles. The number of ether oxygens (including phenoxy) is 1. The lowest BCUT2D eigenvalue weighted by Crippen LogP contribution is -2.38.